The molecule has 4 nitrogen and oxygen atoms in total. The van der Waals surface area contributed by atoms with E-state index in [9.17, 15) is 4.79 Å². The van der Waals surface area contributed by atoms with Gasteiger partial charge in [0.2, 0.25) is 0 Å². The molecule has 22 heavy (non-hydrogen) atoms. The van der Waals surface area contributed by atoms with Crippen LogP contribution < -0.4 is 5.32 Å². The fourth-order valence-electron chi connectivity index (χ4n) is 2.60. The zero-order valence-corrected chi connectivity index (χ0v) is 14.5. The summed E-state index contributed by atoms with van der Waals surface area (Å²) in [6.45, 7) is 1.33. The fraction of sp³-hybridized carbons (Fsp3) is 0.467. The minimum atomic E-state index is -0.735. The number of hydrogen-bond acceptors (Lipinski definition) is 3. The molecule has 0 bridgehead atoms. The van der Waals surface area contributed by atoms with Crippen LogP contribution in [0.5, 0.6) is 0 Å². The Kier molecular flexibility index (Phi) is 6.44. The molecule has 0 saturated carbocycles. The normalized spacial score (nSPS) is 17.1. The second kappa shape index (κ2) is 8.11. The third-order valence-corrected chi connectivity index (χ3v) is 4.53. The predicted octanol–water partition coefficient (Wildman–Crippen LogP) is 3.22. The lowest BCUT2D eigenvalue weighted by Crippen LogP contribution is -2.46. The summed E-state index contributed by atoms with van der Waals surface area (Å²) in [6.07, 6.45) is 0.984. The Hall–Kier alpha value is -0.880. The first-order valence-corrected chi connectivity index (χ1v) is 8.25. The zero-order valence-electron chi connectivity index (χ0n) is 12.2. The minimum Gasteiger partial charge on any atom is -0.379 e. The van der Waals surface area contributed by atoms with E-state index >= 15 is 0 Å². The van der Waals surface area contributed by atoms with Crippen molar-refractivity contribution < 1.29 is 9.53 Å². The highest BCUT2D eigenvalue weighted by Gasteiger charge is 2.30. The molecule has 1 atom stereocenters. The van der Waals surface area contributed by atoms with Crippen molar-refractivity contribution in [2.75, 3.05) is 20.2 Å². The SMILES string of the molecule is COC(C(=O)N1CCC(NC=S)CC1)c1cc(Cl)ccc1Cl. The van der Waals surface area contributed by atoms with E-state index in [1.54, 1.807) is 23.1 Å². The molecule has 7 heteroatoms. The number of rotatable bonds is 5. The highest BCUT2D eigenvalue weighted by molar-refractivity contribution is 7.78. The summed E-state index contributed by atoms with van der Waals surface area (Å²) in [5.74, 6) is -0.0903. The van der Waals surface area contributed by atoms with Crippen LogP contribution in [0, 0.1) is 0 Å². The van der Waals surface area contributed by atoms with Gasteiger partial charge in [0.15, 0.2) is 6.10 Å². The first-order valence-electron chi connectivity index (χ1n) is 7.03. The molecule has 1 unspecified atom stereocenters. The average molecular weight is 361 g/mol. The summed E-state index contributed by atoms with van der Waals surface area (Å²) < 4.78 is 5.39. The second-order valence-electron chi connectivity index (χ2n) is 5.17. The van der Waals surface area contributed by atoms with Crippen molar-refractivity contribution in [3.8, 4) is 0 Å². The van der Waals surface area contributed by atoms with Crippen molar-refractivity contribution in [1.29, 1.82) is 0 Å². The number of hydrogen-bond donors (Lipinski definition) is 1. The van der Waals surface area contributed by atoms with Gasteiger partial charge in [-0.1, -0.05) is 35.4 Å². The molecule has 1 N–H and O–H groups in total. The first-order chi connectivity index (χ1) is 10.6. The van der Waals surface area contributed by atoms with Crippen LogP contribution in [-0.4, -0.2) is 42.5 Å². The van der Waals surface area contributed by atoms with Gasteiger partial charge < -0.3 is 15.0 Å². The number of amides is 1. The molecule has 0 aliphatic carbocycles. The topological polar surface area (TPSA) is 41.6 Å². The van der Waals surface area contributed by atoms with Gasteiger partial charge in [0.25, 0.3) is 5.91 Å². The van der Waals surface area contributed by atoms with E-state index in [2.05, 4.69) is 5.32 Å². The number of carbonyl (C=O) groups is 1. The van der Waals surface area contributed by atoms with Crippen LogP contribution in [-0.2, 0) is 9.53 Å². The minimum absolute atomic E-state index is 0.0903. The van der Waals surface area contributed by atoms with Crippen LogP contribution >= 0.6 is 35.4 Å². The molecule has 1 aromatic carbocycles. The van der Waals surface area contributed by atoms with Gasteiger partial charge in [-0.25, -0.2) is 0 Å². The Morgan fingerprint density at radius 3 is 2.73 bits per heavy atom. The third-order valence-electron chi connectivity index (χ3n) is 3.81. The van der Waals surface area contributed by atoms with Crippen molar-refractivity contribution in [3.05, 3.63) is 33.8 Å². The van der Waals surface area contributed by atoms with Gasteiger partial charge in [0, 0.05) is 41.8 Å². The van der Waals surface area contributed by atoms with E-state index < -0.39 is 6.10 Å². The molecule has 1 aliphatic heterocycles. The molecule has 1 saturated heterocycles. The van der Waals surface area contributed by atoms with E-state index in [0.29, 0.717) is 34.7 Å². The highest BCUT2D eigenvalue weighted by atomic mass is 35.5. The Balaban J connectivity index is 2.09. The second-order valence-corrected chi connectivity index (χ2v) is 6.24. The number of nitrogens with one attached hydrogen (secondary N) is 1. The van der Waals surface area contributed by atoms with E-state index in [-0.39, 0.29) is 5.91 Å². The van der Waals surface area contributed by atoms with Gasteiger partial charge in [-0.05, 0) is 31.0 Å². The number of nitrogens with zero attached hydrogens (tertiary/aromatic N) is 1. The number of methoxy groups -OCH3 is 1. The number of halogens is 2. The van der Waals surface area contributed by atoms with Crippen LogP contribution in [0.4, 0.5) is 0 Å². The smallest absolute Gasteiger partial charge is 0.256 e. The molecule has 0 aromatic heterocycles. The quantitative estimate of drug-likeness (QED) is 0.818. The van der Waals surface area contributed by atoms with Gasteiger partial charge in [-0.3, -0.25) is 4.79 Å². The van der Waals surface area contributed by atoms with Crippen LogP contribution in [0.25, 0.3) is 0 Å². The van der Waals surface area contributed by atoms with Gasteiger partial charge >= 0.3 is 0 Å². The van der Waals surface area contributed by atoms with Crippen molar-refractivity contribution in [1.82, 2.24) is 10.2 Å². The van der Waals surface area contributed by atoms with E-state index in [1.807, 2.05) is 0 Å². The lowest BCUT2D eigenvalue weighted by atomic mass is 10.0. The van der Waals surface area contributed by atoms with Crippen LogP contribution in [0.2, 0.25) is 10.0 Å². The lowest BCUT2D eigenvalue weighted by molar-refractivity contribution is -0.143. The molecule has 1 heterocycles. The van der Waals surface area contributed by atoms with Gasteiger partial charge in [0.1, 0.15) is 0 Å². The van der Waals surface area contributed by atoms with Gasteiger partial charge in [-0.2, -0.15) is 0 Å². The molecule has 1 fully saturated rings. The average Bonchev–Trinajstić information content (AvgIpc) is 2.52. The number of carbonyl (C=O) groups excluding carboxylic acids is 1. The Morgan fingerprint density at radius 2 is 2.14 bits per heavy atom. The van der Waals surface area contributed by atoms with Crippen molar-refractivity contribution in [2.24, 2.45) is 0 Å². The number of likely N-dealkylation sites (tertiary alicyclic amines) is 1. The number of benzene rings is 1. The summed E-state index contributed by atoms with van der Waals surface area (Å²) in [5.41, 5.74) is 2.13. The molecule has 2 rings (SSSR count). The van der Waals surface area contributed by atoms with E-state index in [1.165, 1.54) is 12.6 Å². The number of ether oxygens (including phenoxy) is 1. The van der Waals surface area contributed by atoms with Crippen molar-refractivity contribution in [2.45, 2.75) is 25.0 Å². The summed E-state index contributed by atoms with van der Waals surface area (Å²) in [7, 11) is 1.50. The standard InChI is InChI=1S/C15H18Cl2N2O2S/c1-21-14(12-8-10(16)2-3-13(12)17)15(20)19-6-4-11(5-7-19)18-9-22/h2-3,8-9,11,14H,4-7H2,1H3,(H,18,22). The monoisotopic (exact) mass is 360 g/mol. The summed E-state index contributed by atoms with van der Waals surface area (Å²) >= 11 is 17.0. The largest absolute Gasteiger partial charge is 0.379 e. The third kappa shape index (κ3) is 4.10. The molecular weight excluding hydrogens is 343 g/mol. The number of piperidine rings is 1. The maximum Gasteiger partial charge on any atom is 0.256 e. The van der Waals surface area contributed by atoms with E-state index in [4.69, 9.17) is 40.2 Å². The number of thiocarbonyl (C=S) groups is 1. The van der Waals surface area contributed by atoms with Crippen molar-refractivity contribution in [3.63, 3.8) is 0 Å². The van der Waals surface area contributed by atoms with Crippen LogP contribution in [0.15, 0.2) is 18.2 Å². The maximum atomic E-state index is 12.7. The van der Waals surface area contributed by atoms with Gasteiger partial charge in [-0.15, -0.1) is 0 Å². The zero-order chi connectivity index (χ0) is 16.1. The molecule has 1 aliphatic rings. The Morgan fingerprint density at radius 1 is 1.45 bits per heavy atom. The highest BCUT2D eigenvalue weighted by Crippen LogP contribution is 2.30. The van der Waals surface area contributed by atoms with Crippen LogP contribution in [0.3, 0.4) is 0 Å². The molecule has 1 aromatic rings. The molecular formula is C15H18Cl2N2O2S. The summed E-state index contributed by atoms with van der Waals surface area (Å²) in [5, 5.41) is 4.12. The van der Waals surface area contributed by atoms with Crippen LogP contribution in [0.1, 0.15) is 24.5 Å². The Bertz CT molecular complexity index is 548. The van der Waals surface area contributed by atoms with Gasteiger partial charge in [0.05, 0.1) is 5.49 Å². The molecule has 0 spiro atoms. The first kappa shape index (κ1) is 17.5. The molecule has 0 radical (unpaired) electrons. The molecule has 120 valence electrons. The van der Waals surface area contributed by atoms with Crippen molar-refractivity contribution >= 4 is 46.8 Å². The maximum absolute atomic E-state index is 12.7. The Labute approximate surface area is 145 Å². The predicted molar refractivity (Wildman–Crippen MR) is 92.6 cm³/mol. The lowest BCUT2D eigenvalue weighted by Gasteiger charge is -2.34. The fourth-order valence-corrected chi connectivity index (χ4v) is 3.19. The van der Waals surface area contributed by atoms with E-state index in [0.717, 1.165) is 12.8 Å². The summed E-state index contributed by atoms with van der Waals surface area (Å²) in [6, 6.07) is 5.37. The molecule has 1 amide bonds. The summed E-state index contributed by atoms with van der Waals surface area (Å²) in [4.78, 5) is 14.5.